The zero-order chi connectivity index (χ0) is 9.14. The molecule has 0 saturated carbocycles. The summed E-state index contributed by atoms with van der Waals surface area (Å²) in [5.74, 6) is 0.387. The van der Waals surface area contributed by atoms with E-state index in [1.807, 2.05) is 0 Å². The van der Waals surface area contributed by atoms with E-state index in [1.54, 1.807) is 6.92 Å². The normalized spacial score (nSPS) is 8.77. The second-order valence-electron chi connectivity index (χ2n) is 2.22. The van der Waals surface area contributed by atoms with Gasteiger partial charge in [-0.05, 0) is 6.92 Å². The van der Waals surface area contributed by atoms with Crippen molar-refractivity contribution in [2.75, 3.05) is 7.11 Å². The van der Waals surface area contributed by atoms with E-state index in [0.717, 1.165) is 0 Å². The summed E-state index contributed by atoms with van der Waals surface area (Å²) in [6.07, 6.45) is 0. The Morgan fingerprint density at radius 3 is 2.54 bits per heavy atom. The van der Waals surface area contributed by atoms with Gasteiger partial charge in [-0.3, -0.25) is 10.1 Å². The van der Waals surface area contributed by atoms with Crippen LogP contribution in [-0.4, -0.2) is 46.6 Å². The Balaban J connectivity index is 0.00000144. The van der Waals surface area contributed by atoms with Crippen LogP contribution in [-0.2, 0) is 0 Å². The molecule has 13 heavy (non-hydrogen) atoms. The van der Waals surface area contributed by atoms with E-state index in [9.17, 15) is 10.1 Å². The van der Waals surface area contributed by atoms with Gasteiger partial charge in [0.2, 0.25) is 5.88 Å². The maximum atomic E-state index is 10.3. The Kier molecular flexibility index (Phi) is 4.90. The fourth-order valence-corrected chi connectivity index (χ4v) is 0.837. The third-order valence-corrected chi connectivity index (χ3v) is 1.44. The van der Waals surface area contributed by atoms with Gasteiger partial charge in [0.05, 0.1) is 12.0 Å². The van der Waals surface area contributed by atoms with Gasteiger partial charge in [0.25, 0.3) is 5.69 Å². The van der Waals surface area contributed by atoms with Crippen LogP contribution >= 0.6 is 0 Å². The molecular weight excluding hydrogens is 183 g/mol. The molecule has 0 fully saturated rings. The SMILES string of the molecule is COc1ccc([N+](=O)[O-])c(C)n1.[NaH]. The number of ether oxygens (including phenoxy) is 1. The minimum atomic E-state index is -0.470. The first-order chi connectivity index (χ1) is 5.65. The van der Waals surface area contributed by atoms with Crippen molar-refractivity contribution in [2.24, 2.45) is 0 Å². The Labute approximate surface area is 97.6 Å². The van der Waals surface area contributed by atoms with E-state index >= 15 is 0 Å². The Bertz CT molecular complexity index is 317. The van der Waals surface area contributed by atoms with Gasteiger partial charge in [-0.15, -0.1) is 0 Å². The van der Waals surface area contributed by atoms with Crippen molar-refractivity contribution in [3.8, 4) is 5.88 Å². The number of rotatable bonds is 2. The molecule has 0 aliphatic carbocycles. The molecule has 6 heteroatoms. The third-order valence-electron chi connectivity index (χ3n) is 1.44. The number of pyridine rings is 1. The van der Waals surface area contributed by atoms with Crippen LogP contribution in [0.5, 0.6) is 5.88 Å². The van der Waals surface area contributed by atoms with Gasteiger partial charge < -0.3 is 4.74 Å². The Hall–Kier alpha value is -0.650. The summed E-state index contributed by atoms with van der Waals surface area (Å²) in [4.78, 5) is 13.7. The van der Waals surface area contributed by atoms with Gasteiger partial charge in [0.1, 0.15) is 5.69 Å². The molecule has 1 aromatic rings. The maximum absolute atomic E-state index is 10.3. The second kappa shape index (κ2) is 5.16. The fraction of sp³-hybridized carbons (Fsp3) is 0.286. The third kappa shape index (κ3) is 2.95. The molecule has 0 N–H and O–H groups in total. The molecule has 0 spiro atoms. The van der Waals surface area contributed by atoms with Crippen molar-refractivity contribution in [1.82, 2.24) is 4.98 Å². The number of hydrogen-bond acceptors (Lipinski definition) is 4. The predicted octanol–water partition coefficient (Wildman–Crippen LogP) is 0.658. The van der Waals surface area contributed by atoms with E-state index in [1.165, 1.54) is 19.2 Å². The van der Waals surface area contributed by atoms with Crippen LogP contribution in [0.3, 0.4) is 0 Å². The molecule has 1 heterocycles. The summed E-state index contributed by atoms with van der Waals surface area (Å²) in [7, 11) is 1.47. The van der Waals surface area contributed by atoms with Crippen molar-refractivity contribution >= 4 is 35.2 Å². The van der Waals surface area contributed by atoms with Crippen LogP contribution < -0.4 is 4.74 Å². The van der Waals surface area contributed by atoms with Crippen LogP contribution in [0.15, 0.2) is 12.1 Å². The van der Waals surface area contributed by atoms with Crippen molar-refractivity contribution in [3.05, 3.63) is 27.9 Å². The van der Waals surface area contributed by atoms with Crippen LogP contribution in [0, 0.1) is 17.0 Å². The molecule has 5 nitrogen and oxygen atoms in total. The van der Waals surface area contributed by atoms with Gasteiger partial charge in [-0.1, -0.05) is 0 Å². The summed E-state index contributed by atoms with van der Waals surface area (Å²) < 4.78 is 4.80. The van der Waals surface area contributed by atoms with Crippen LogP contribution in [0.2, 0.25) is 0 Å². The van der Waals surface area contributed by atoms with Crippen LogP contribution in [0.1, 0.15) is 5.69 Å². The number of hydrogen-bond donors (Lipinski definition) is 0. The molecule has 0 atom stereocenters. The van der Waals surface area contributed by atoms with E-state index in [0.29, 0.717) is 11.6 Å². The molecule has 0 bridgehead atoms. The summed E-state index contributed by atoms with van der Waals surface area (Å²) in [6, 6.07) is 2.84. The van der Waals surface area contributed by atoms with Crippen molar-refractivity contribution in [1.29, 1.82) is 0 Å². The molecule has 1 rings (SSSR count). The Morgan fingerprint density at radius 2 is 2.15 bits per heavy atom. The first kappa shape index (κ1) is 12.3. The molecule has 0 aromatic carbocycles. The second-order valence-corrected chi connectivity index (χ2v) is 2.22. The number of methoxy groups -OCH3 is 1. The Morgan fingerprint density at radius 1 is 1.54 bits per heavy atom. The zero-order valence-electron chi connectivity index (χ0n) is 6.77. The van der Waals surface area contributed by atoms with E-state index in [2.05, 4.69) is 4.98 Å². The topological polar surface area (TPSA) is 65.3 Å². The average molecular weight is 192 g/mol. The molecular formula is C7H9N2NaO3. The minimum absolute atomic E-state index is 0. The number of aromatic nitrogens is 1. The number of aryl methyl sites for hydroxylation is 1. The molecule has 0 saturated heterocycles. The van der Waals surface area contributed by atoms with Crippen molar-refractivity contribution in [2.45, 2.75) is 6.92 Å². The quantitative estimate of drug-likeness (QED) is 0.392. The molecule has 0 unspecified atom stereocenters. The van der Waals surface area contributed by atoms with Gasteiger partial charge >= 0.3 is 29.6 Å². The standard InChI is InChI=1S/C7H8N2O3.Na.H/c1-5-6(9(10)11)3-4-7(8-5)12-2;;/h3-4H,1-2H3;;. The van der Waals surface area contributed by atoms with Crippen molar-refractivity contribution in [3.63, 3.8) is 0 Å². The number of nitrogens with zero attached hydrogens (tertiary/aromatic N) is 2. The van der Waals surface area contributed by atoms with Crippen molar-refractivity contribution < 1.29 is 9.66 Å². The van der Waals surface area contributed by atoms with Gasteiger partial charge in [0, 0.05) is 12.1 Å². The summed E-state index contributed by atoms with van der Waals surface area (Å²) in [5.41, 5.74) is 0.371. The van der Waals surface area contributed by atoms with Crippen LogP contribution in [0.25, 0.3) is 0 Å². The summed E-state index contributed by atoms with van der Waals surface area (Å²) >= 11 is 0. The monoisotopic (exact) mass is 192 g/mol. The average Bonchev–Trinajstić information content (AvgIpc) is 2.03. The van der Waals surface area contributed by atoms with Gasteiger partial charge in [-0.2, -0.15) is 0 Å². The first-order valence-electron chi connectivity index (χ1n) is 3.31. The molecule has 0 aliphatic heterocycles. The fourth-order valence-electron chi connectivity index (χ4n) is 0.837. The molecule has 66 valence electrons. The summed E-state index contributed by atoms with van der Waals surface area (Å²) in [5, 5.41) is 10.3. The molecule has 0 radical (unpaired) electrons. The van der Waals surface area contributed by atoms with E-state index < -0.39 is 4.92 Å². The van der Waals surface area contributed by atoms with E-state index in [-0.39, 0.29) is 35.2 Å². The first-order valence-corrected chi connectivity index (χ1v) is 3.31. The predicted molar refractivity (Wildman–Crippen MR) is 49.3 cm³/mol. The molecule has 1 aromatic heterocycles. The number of nitro groups is 1. The van der Waals surface area contributed by atoms with Gasteiger partial charge in [0.15, 0.2) is 0 Å². The van der Waals surface area contributed by atoms with E-state index in [4.69, 9.17) is 4.74 Å². The molecule has 0 amide bonds. The zero-order valence-corrected chi connectivity index (χ0v) is 6.77. The summed E-state index contributed by atoms with van der Waals surface area (Å²) in [6.45, 7) is 1.57. The van der Waals surface area contributed by atoms with Crippen LogP contribution in [0.4, 0.5) is 5.69 Å². The molecule has 0 aliphatic rings. The van der Waals surface area contributed by atoms with Gasteiger partial charge in [-0.25, -0.2) is 4.98 Å².